The highest BCUT2D eigenvalue weighted by atomic mass is 79.9. The topological polar surface area (TPSA) is 51.2 Å². The van der Waals surface area contributed by atoms with Crippen LogP contribution in [0.3, 0.4) is 0 Å². The lowest BCUT2D eigenvalue weighted by atomic mass is 10.1. The van der Waals surface area contributed by atoms with Crippen molar-refractivity contribution in [1.29, 1.82) is 0 Å². The molecule has 4 nitrogen and oxygen atoms in total. The van der Waals surface area contributed by atoms with Gasteiger partial charge in [0.15, 0.2) is 0 Å². The van der Waals surface area contributed by atoms with Crippen molar-refractivity contribution in [2.75, 3.05) is 6.61 Å². The summed E-state index contributed by atoms with van der Waals surface area (Å²) in [6.45, 7) is 2.77. The van der Waals surface area contributed by atoms with E-state index in [1.807, 2.05) is 6.92 Å². The lowest BCUT2D eigenvalue weighted by Gasteiger charge is -2.19. The zero-order chi connectivity index (χ0) is 12.3. The highest BCUT2D eigenvalue weighted by molar-refractivity contribution is 9.10. The van der Waals surface area contributed by atoms with Gasteiger partial charge in [-0.05, 0) is 41.8 Å². The van der Waals surface area contributed by atoms with Crippen LogP contribution < -0.4 is 5.32 Å². The average Bonchev–Trinajstić information content (AvgIpc) is 2.82. The normalized spacial score (nSPS) is 21.2. The third kappa shape index (κ3) is 3.26. The summed E-state index contributed by atoms with van der Waals surface area (Å²) in [5, 5.41) is 2.94. The highest BCUT2D eigenvalue weighted by Crippen LogP contribution is 2.16. The van der Waals surface area contributed by atoms with Gasteiger partial charge < -0.3 is 10.1 Å². The van der Waals surface area contributed by atoms with Gasteiger partial charge in [0.1, 0.15) is 0 Å². The zero-order valence-electron chi connectivity index (χ0n) is 9.65. The second-order valence-electron chi connectivity index (χ2n) is 4.21. The molecule has 1 fully saturated rings. The van der Waals surface area contributed by atoms with Crippen molar-refractivity contribution in [1.82, 2.24) is 10.3 Å². The van der Waals surface area contributed by atoms with Gasteiger partial charge in [0.25, 0.3) is 5.91 Å². The number of carbonyl (C=O) groups is 1. The fourth-order valence-electron chi connectivity index (χ4n) is 1.92. The van der Waals surface area contributed by atoms with E-state index in [1.165, 1.54) is 0 Å². The largest absolute Gasteiger partial charge is 0.376 e. The number of ether oxygens (including phenoxy) is 1. The van der Waals surface area contributed by atoms with E-state index in [-0.39, 0.29) is 18.1 Å². The van der Waals surface area contributed by atoms with Crippen molar-refractivity contribution in [2.45, 2.75) is 31.9 Å². The van der Waals surface area contributed by atoms with Gasteiger partial charge in [0.05, 0.1) is 17.7 Å². The molecule has 0 radical (unpaired) electrons. The first-order valence-corrected chi connectivity index (χ1v) is 6.49. The minimum Gasteiger partial charge on any atom is -0.376 e. The molecule has 5 heteroatoms. The van der Waals surface area contributed by atoms with E-state index < -0.39 is 0 Å². The van der Waals surface area contributed by atoms with E-state index in [0.717, 1.165) is 23.9 Å². The Kier molecular flexibility index (Phi) is 4.12. The standard InChI is InChI=1S/C12H15BrN2O2/c1-8(11-3-2-4-17-11)15-12(16)9-5-10(13)7-14-6-9/h5-8,11H,2-4H2,1H3,(H,15,16)/t8-,11+/m0/s1. The molecule has 0 unspecified atom stereocenters. The molecule has 0 aliphatic carbocycles. The second-order valence-corrected chi connectivity index (χ2v) is 5.12. The molecule has 1 aliphatic heterocycles. The molecule has 2 rings (SSSR count). The Morgan fingerprint density at radius 2 is 2.47 bits per heavy atom. The van der Waals surface area contributed by atoms with Crippen LogP contribution in [0.5, 0.6) is 0 Å². The predicted molar refractivity (Wildman–Crippen MR) is 67.8 cm³/mol. The molecule has 1 aromatic heterocycles. The van der Waals surface area contributed by atoms with Crippen LogP contribution in [-0.2, 0) is 4.74 Å². The maximum absolute atomic E-state index is 11.9. The number of pyridine rings is 1. The minimum atomic E-state index is -0.109. The first kappa shape index (κ1) is 12.5. The Morgan fingerprint density at radius 1 is 1.65 bits per heavy atom. The average molecular weight is 299 g/mol. The number of nitrogens with zero attached hydrogens (tertiary/aromatic N) is 1. The zero-order valence-corrected chi connectivity index (χ0v) is 11.2. The third-order valence-corrected chi connectivity index (χ3v) is 3.28. The van der Waals surface area contributed by atoms with Gasteiger partial charge in [0.2, 0.25) is 0 Å². The molecule has 1 N–H and O–H groups in total. The van der Waals surface area contributed by atoms with Crippen molar-refractivity contribution in [2.24, 2.45) is 0 Å². The Bertz CT molecular complexity index is 405. The summed E-state index contributed by atoms with van der Waals surface area (Å²) in [7, 11) is 0. The quantitative estimate of drug-likeness (QED) is 0.930. The van der Waals surface area contributed by atoms with Gasteiger partial charge in [-0.3, -0.25) is 9.78 Å². The first-order chi connectivity index (χ1) is 8.16. The summed E-state index contributed by atoms with van der Waals surface area (Å²) < 4.78 is 6.34. The van der Waals surface area contributed by atoms with E-state index in [1.54, 1.807) is 18.5 Å². The van der Waals surface area contributed by atoms with Crippen molar-refractivity contribution in [3.63, 3.8) is 0 Å². The Hall–Kier alpha value is -0.940. The highest BCUT2D eigenvalue weighted by Gasteiger charge is 2.23. The molecule has 1 saturated heterocycles. The van der Waals surface area contributed by atoms with E-state index in [0.29, 0.717) is 5.56 Å². The summed E-state index contributed by atoms with van der Waals surface area (Å²) in [5.41, 5.74) is 0.559. The van der Waals surface area contributed by atoms with Gasteiger partial charge >= 0.3 is 0 Å². The molecule has 17 heavy (non-hydrogen) atoms. The fourth-order valence-corrected chi connectivity index (χ4v) is 2.28. The van der Waals surface area contributed by atoms with Crippen LogP contribution in [0.2, 0.25) is 0 Å². The summed E-state index contributed by atoms with van der Waals surface area (Å²) in [5.74, 6) is -0.109. The minimum absolute atomic E-state index is 0.0315. The second kappa shape index (κ2) is 5.60. The molecule has 1 aliphatic rings. The molecule has 0 aromatic carbocycles. The molecular formula is C12H15BrN2O2. The van der Waals surface area contributed by atoms with Crippen LogP contribution in [0.15, 0.2) is 22.9 Å². The maximum Gasteiger partial charge on any atom is 0.253 e. The number of hydrogen-bond acceptors (Lipinski definition) is 3. The summed E-state index contributed by atoms with van der Waals surface area (Å²) >= 11 is 3.30. The number of amides is 1. The van der Waals surface area contributed by atoms with E-state index in [9.17, 15) is 4.79 Å². The summed E-state index contributed by atoms with van der Waals surface area (Å²) in [4.78, 5) is 15.9. The lowest BCUT2D eigenvalue weighted by molar-refractivity contribution is 0.0712. The number of nitrogens with one attached hydrogen (secondary N) is 1. The van der Waals surface area contributed by atoms with Crippen LogP contribution in [0.1, 0.15) is 30.1 Å². The number of halogens is 1. The number of carbonyl (C=O) groups excluding carboxylic acids is 1. The molecule has 0 spiro atoms. The Labute approximate surface area is 109 Å². The Morgan fingerprint density at radius 3 is 3.12 bits per heavy atom. The van der Waals surface area contributed by atoms with Gasteiger partial charge in [0, 0.05) is 23.5 Å². The summed E-state index contributed by atoms with van der Waals surface area (Å²) in [6.07, 6.45) is 5.43. The van der Waals surface area contributed by atoms with Crippen LogP contribution >= 0.6 is 15.9 Å². The molecule has 1 amide bonds. The Balaban J connectivity index is 1.96. The monoisotopic (exact) mass is 298 g/mol. The smallest absolute Gasteiger partial charge is 0.253 e. The van der Waals surface area contributed by atoms with Crippen molar-refractivity contribution >= 4 is 21.8 Å². The van der Waals surface area contributed by atoms with Crippen molar-refractivity contribution in [3.8, 4) is 0 Å². The molecular weight excluding hydrogens is 284 g/mol. The molecule has 1 aromatic rings. The van der Waals surface area contributed by atoms with Gasteiger partial charge in [-0.15, -0.1) is 0 Å². The maximum atomic E-state index is 11.9. The fraction of sp³-hybridized carbons (Fsp3) is 0.500. The third-order valence-electron chi connectivity index (χ3n) is 2.85. The van der Waals surface area contributed by atoms with Crippen LogP contribution in [0.25, 0.3) is 0 Å². The molecule has 2 heterocycles. The molecule has 0 saturated carbocycles. The first-order valence-electron chi connectivity index (χ1n) is 5.70. The SMILES string of the molecule is C[C@H](NC(=O)c1cncc(Br)c1)[C@H]1CCCO1. The number of hydrogen-bond donors (Lipinski definition) is 1. The lowest BCUT2D eigenvalue weighted by Crippen LogP contribution is -2.40. The molecule has 2 atom stereocenters. The van der Waals surface area contributed by atoms with E-state index >= 15 is 0 Å². The molecule has 92 valence electrons. The van der Waals surface area contributed by atoms with Crippen molar-refractivity contribution in [3.05, 3.63) is 28.5 Å². The molecule has 0 bridgehead atoms. The van der Waals surface area contributed by atoms with Crippen molar-refractivity contribution < 1.29 is 9.53 Å². The number of aromatic nitrogens is 1. The van der Waals surface area contributed by atoms with E-state index in [4.69, 9.17) is 4.74 Å². The summed E-state index contributed by atoms with van der Waals surface area (Å²) in [6, 6.07) is 1.79. The van der Waals surface area contributed by atoms with Gasteiger partial charge in [-0.2, -0.15) is 0 Å². The predicted octanol–water partition coefficient (Wildman–Crippen LogP) is 2.14. The number of rotatable bonds is 3. The van der Waals surface area contributed by atoms with Gasteiger partial charge in [-0.1, -0.05) is 0 Å². The van der Waals surface area contributed by atoms with Crippen LogP contribution in [-0.4, -0.2) is 29.6 Å². The van der Waals surface area contributed by atoms with Crippen LogP contribution in [0, 0.1) is 0 Å². The van der Waals surface area contributed by atoms with E-state index in [2.05, 4.69) is 26.2 Å². The van der Waals surface area contributed by atoms with Crippen LogP contribution in [0.4, 0.5) is 0 Å². The van der Waals surface area contributed by atoms with Gasteiger partial charge in [-0.25, -0.2) is 0 Å².